The molecule has 0 aliphatic rings. The van der Waals surface area contributed by atoms with Gasteiger partial charge in [-0.05, 0) is 38.5 Å². The van der Waals surface area contributed by atoms with Crippen LogP contribution in [0.1, 0.15) is 194 Å². The average Bonchev–Trinajstić information content (AvgIpc) is 2.86. The molecule has 0 radical (unpaired) electrons. The van der Waals surface area contributed by atoms with E-state index in [1.165, 1.54) is 197 Å². The largest absolute Gasteiger partial charge is 0.326 e. The predicted molar refractivity (Wildman–Crippen MR) is 162 cm³/mol. The molecule has 0 amide bonds. The van der Waals surface area contributed by atoms with Crippen LogP contribution in [0.3, 0.4) is 0 Å². The minimum absolute atomic E-state index is 1.36. The Balaban J connectivity index is 4.05. The first-order chi connectivity index (χ1) is 17.2. The fourth-order valence-electron chi connectivity index (χ4n) is 5.75. The second-order valence-electron chi connectivity index (χ2n) is 12.3. The summed E-state index contributed by atoms with van der Waals surface area (Å²) < 4.78 is 1.36. The second-order valence-corrected chi connectivity index (χ2v) is 12.3. The van der Waals surface area contributed by atoms with Gasteiger partial charge in [-0.15, -0.1) is 0 Å². The molecule has 0 fully saturated rings. The number of hydrogen-bond donors (Lipinski definition) is 0. The van der Waals surface area contributed by atoms with E-state index in [4.69, 9.17) is 0 Å². The summed E-state index contributed by atoms with van der Waals surface area (Å²) >= 11 is 0. The molecule has 0 unspecified atom stereocenters. The molecule has 0 heterocycles. The van der Waals surface area contributed by atoms with Crippen LogP contribution < -0.4 is 0 Å². The van der Waals surface area contributed by atoms with Crippen LogP contribution >= 0.6 is 0 Å². The standard InChI is InChI=1S/C34H72N/c1-5-8-11-14-17-20-23-26-29-32-35(4,33-30-27-24-21-18-15-12-9-6-2)34-31-28-25-22-19-16-13-10-7-3/h5-34H2,1-4H3/q+1. The van der Waals surface area contributed by atoms with Crippen molar-refractivity contribution in [1.29, 1.82) is 0 Å². The van der Waals surface area contributed by atoms with Gasteiger partial charge in [-0.25, -0.2) is 0 Å². The highest BCUT2D eigenvalue weighted by molar-refractivity contribution is 4.52. The van der Waals surface area contributed by atoms with Crippen LogP contribution in [-0.4, -0.2) is 31.2 Å². The number of quaternary nitrogens is 1. The Morgan fingerprint density at radius 2 is 0.429 bits per heavy atom. The van der Waals surface area contributed by atoms with Gasteiger partial charge in [-0.1, -0.05) is 156 Å². The molecule has 212 valence electrons. The summed E-state index contributed by atoms with van der Waals surface area (Å²) in [5, 5.41) is 0. The van der Waals surface area contributed by atoms with E-state index in [0.717, 1.165) is 0 Å². The lowest BCUT2D eigenvalue weighted by molar-refractivity contribution is -0.910. The first kappa shape index (κ1) is 35.0. The molecule has 0 saturated heterocycles. The summed E-state index contributed by atoms with van der Waals surface area (Å²) in [6.07, 6.45) is 39.3. The third-order valence-corrected chi connectivity index (χ3v) is 8.40. The smallest absolute Gasteiger partial charge is 0.0784 e. The third-order valence-electron chi connectivity index (χ3n) is 8.40. The molecule has 0 aromatic rings. The van der Waals surface area contributed by atoms with Crippen LogP contribution in [0.5, 0.6) is 0 Å². The van der Waals surface area contributed by atoms with E-state index >= 15 is 0 Å². The van der Waals surface area contributed by atoms with Crippen LogP contribution in [0.4, 0.5) is 0 Å². The molecular formula is C34H72N+. The Morgan fingerprint density at radius 1 is 0.257 bits per heavy atom. The number of unbranched alkanes of at least 4 members (excludes halogenated alkanes) is 24. The van der Waals surface area contributed by atoms with Crippen molar-refractivity contribution in [2.45, 2.75) is 194 Å². The SMILES string of the molecule is CCCCCCCCCCC[N+](C)(CCCCCCCCCCC)CCCCCCCCCCC. The van der Waals surface area contributed by atoms with Gasteiger partial charge < -0.3 is 4.48 Å². The molecule has 0 saturated carbocycles. The lowest BCUT2D eigenvalue weighted by Crippen LogP contribution is -2.46. The summed E-state index contributed by atoms with van der Waals surface area (Å²) in [6, 6.07) is 0. The molecule has 0 aromatic heterocycles. The zero-order chi connectivity index (χ0) is 25.7. The zero-order valence-corrected chi connectivity index (χ0v) is 25.7. The van der Waals surface area contributed by atoms with Gasteiger partial charge in [-0.3, -0.25) is 0 Å². The fourth-order valence-corrected chi connectivity index (χ4v) is 5.75. The van der Waals surface area contributed by atoms with Crippen molar-refractivity contribution >= 4 is 0 Å². The molecule has 0 aliphatic heterocycles. The highest BCUT2D eigenvalue weighted by atomic mass is 15.3. The summed E-state index contributed by atoms with van der Waals surface area (Å²) in [5.74, 6) is 0. The summed E-state index contributed by atoms with van der Waals surface area (Å²) in [4.78, 5) is 0. The maximum Gasteiger partial charge on any atom is 0.0784 e. The lowest BCUT2D eigenvalue weighted by atomic mass is 10.0. The van der Waals surface area contributed by atoms with Gasteiger partial charge in [0, 0.05) is 0 Å². The van der Waals surface area contributed by atoms with E-state index < -0.39 is 0 Å². The summed E-state index contributed by atoms with van der Waals surface area (Å²) in [7, 11) is 2.60. The Morgan fingerprint density at radius 3 is 0.629 bits per heavy atom. The zero-order valence-electron chi connectivity index (χ0n) is 25.7. The quantitative estimate of drug-likeness (QED) is 0.0687. The van der Waals surface area contributed by atoms with E-state index in [1.54, 1.807) is 0 Å². The minimum Gasteiger partial charge on any atom is -0.326 e. The molecule has 0 aromatic carbocycles. The molecule has 35 heavy (non-hydrogen) atoms. The van der Waals surface area contributed by atoms with Gasteiger partial charge in [0.2, 0.25) is 0 Å². The van der Waals surface area contributed by atoms with Crippen molar-refractivity contribution < 1.29 is 4.48 Å². The van der Waals surface area contributed by atoms with Crippen LogP contribution in [0.25, 0.3) is 0 Å². The fraction of sp³-hybridized carbons (Fsp3) is 1.00. The van der Waals surface area contributed by atoms with E-state index in [2.05, 4.69) is 27.8 Å². The summed E-state index contributed by atoms with van der Waals surface area (Å²) in [5.41, 5.74) is 0. The van der Waals surface area contributed by atoms with Gasteiger partial charge in [-0.2, -0.15) is 0 Å². The minimum atomic E-state index is 1.36. The van der Waals surface area contributed by atoms with E-state index in [0.29, 0.717) is 0 Å². The average molecular weight is 495 g/mol. The topological polar surface area (TPSA) is 0 Å². The van der Waals surface area contributed by atoms with Gasteiger partial charge in [0.15, 0.2) is 0 Å². The van der Waals surface area contributed by atoms with Gasteiger partial charge in [0.1, 0.15) is 0 Å². The lowest BCUT2D eigenvalue weighted by Gasteiger charge is -2.35. The van der Waals surface area contributed by atoms with Crippen LogP contribution in [0, 0.1) is 0 Å². The van der Waals surface area contributed by atoms with E-state index in [9.17, 15) is 0 Å². The maximum absolute atomic E-state index is 2.60. The van der Waals surface area contributed by atoms with E-state index in [-0.39, 0.29) is 0 Å². The molecule has 0 bridgehead atoms. The molecular weight excluding hydrogens is 422 g/mol. The highest BCUT2D eigenvalue weighted by Gasteiger charge is 2.20. The Bertz CT molecular complexity index is 322. The van der Waals surface area contributed by atoms with Crippen molar-refractivity contribution in [1.82, 2.24) is 0 Å². The van der Waals surface area contributed by atoms with Gasteiger partial charge in [0.05, 0.1) is 26.7 Å². The van der Waals surface area contributed by atoms with Gasteiger partial charge >= 0.3 is 0 Å². The first-order valence-electron chi connectivity index (χ1n) is 17.0. The summed E-state index contributed by atoms with van der Waals surface area (Å²) in [6.45, 7) is 11.3. The van der Waals surface area contributed by atoms with E-state index in [1.807, 2.05) is 0 Å². The van der Waals surface area contributed by atoms with Crippen LogP contribution in [-0.2, 0) is 0 Å². The van der Waals surface area contributed by atoms with Gasteiger partial charge in [0.25, 0.3) is 0 Å². The predicted octanol–water partition coefficient (Wildman–Crippen LogP) is 12.0. The van der Waals surface area contributed by atoms with Crippen molar-refractivity contribution in [2.75, 3.05) is 26.7 Å². The third kappa shape index (κ3) is 26.8. The normalized spacial score (nSPS) is 12.0. The number of nitrogens with zero attached hydrogens (tertiary/aromatic N) is 1. The Hall–Kier alpha value is -0.0400. The van der Waals surface area contributed by atoms with Crippen molar-refractivity contribution in [3.8, 4) is 0 Å². The van der Waals surface area contributed by atoms with Crippen molar-refractivity contribution in [3.63, 3.8) is 0 Å². The highest BCUT2D eigenvalue weighted by Crippen LogP contribution is 2.17. The molecule has 0 atom stereocenters. The molecule has 0 spiro atoms. The number of hydrogen-bond acceptors (Lipinski definition) is 0. The molecule has 0 N–H and O–H groups in total. The Kier molecular flexibility index (Phi) is 28.5. The maximum atomic E-state index is 2.60. The Labute approximate surface area is 225 Å². The molecule has 0 rings (SSSR count). The van der Waals surface area contributed by atoms with Crippen molar-refractivity contribution in [3.05, 3.63) is 0 Å². The molecule has 1 heteroatoms. The monoisotopic (exact) mass is 495 g/mol. The second kappa shape index (κ2) is 28.5. The molecule has 1 nitrogen and oxygen atoms in total. The van der Waals surface area contributed by atoms with Crippen molar-refractivity contribution in [2.24, 2.45) is 0 Å². The molecule has 0 aliphatic carbocycles. The van der Waals surface area contributed by atoms with Crippen LogP contribution in [0.2, 0.25) is 0 Å². The van der Waals surface area contributed by atoms with Crippen LogP contribution in [0.15, 0.2) is 0 Å². The first-order valence-corrected chi connectivity index (χ1v) is 17.0. The number of rotatable bonds is 30.